The summed E-state index contributed by atoms with van der Waals surface area (Å²) < 4.78 is 5.40. The Hall–Kier alpha value is -3.68. The van der Waals surface area contributed by atoms with Gasteiger partial charge in [-0.3, -0.25) is 19.7 Å². The molecule has 0 saturated carbocycles. The lowest BCUT2D eigenvalue weighted by atomic mass is 10.2. The summed E-state index contributed by atoms with van der Waals surface area (Å²) in [6.45, 7) is 2.87. The molecule has 8 heteroatoms. The van der Waals surface area contributed by atoms with Gasteiger partial charge < -0.3 is 15.0 Å². The number of amides is 2. The van der Waals surface area contributed by atoms with Crippen LogP contribution in [0.5, 0.6) is 5.75 Å². The Balaban J connectivity index is 1.56. The molecular weight excluding hydrogens is 374 g/mol. The van der Waals surface area contributed by atoms with Gasteiger partial charge in [0.2, 0.25) is 11.8 Å². The van der Waals surface area contributed by atoms with Crippen molar-refractivity contribution in [1.29, 1.82) is 0 Å². The van der Waals surface area contributed by atoms with Crippen LogP contribution in [-0.4, -0.2) is 35.9 Å². The number of non-ortho nitro benzene ring substituents is 1. The molecule has 2 aromatic carbocycles. The molecule has 1 atom stereocenters. The average molecular weight is 395 g/mol. The quantitative estimate of drug-likeness (QED) is 0.441. The summed E-state index contributed by atoms with van der Waals surface area (Å²) >= 11 is 0. The van der Waals surface area contributed by atoms with Crippen LogP contribution in [0.3, 0.4) is 0 Å². The molecule has 1 heterocycles. The van der Waals surface area contributed by atoms with Crippen molar-refractivity contribution in [2.75, 3.05) is 18.1 Å². The Kier molecular flexibility index (Phi) is 6.23. The topological polar surface area (TPSA) is 102 Å². The van der Waals surface area contributed by atoms with E-state index < -0.39 is 4.92 Å². The molecule has 0 radical (unpaired) electrons. The average Bonchev–Trinajstić information content (AvgIpc) is 3.07. The number of hydrogen-bond acceptors (Lipinski definition) is 5. The van der Waals surface area contributed by atoms with Crippen molar-refractivity contribution in [1.82, 2.24) is 5.32 Å². The van der Waals surface area contributed by atoms with Crippen molar-refractivity contribution < 1.29 is 19.2 Å². The Morgan fingerprint density at radius 1 is 1.24 bits per heavy atom. The van der Waals surface area contributed by atoms with Crippen molar-refractivity contribution >= 4 is 29.3 Å². The third-order valence-electron chi connectivity index (χ3n) is 4.46. The Bertz CT molecular complexity index is 922. The highest BCUT2D eigenvalue weighted by molar-refractivity contribution is 5.98. The largest absolute Gasteiger partial charge is 0.494 e. The number of nitrogens with one attached hydrogen (secondary N) is 1. The van der Waals surface area contributed by atoms with Gasteiger partial charge in [0.05, 0.1) is 17.6 Å². The zero-order valence-electron chi connectivity index (χ0n) is 15.9. The summed E-state index contributed by atoms with van der Waals surface area (Å²) in [5.41, 5.74) is 1.42. The third-order valence-corrected chi connectivity index (χ3v) is 4.46. The molecule has 1 N–H and O–H groups in total. The molecular formula is C21H21N3O5. The van der Waals surface area contributed by atoms with Gasteiger partial charge in [-0.2, -0.15) is 0 Å². The highest BCUT2D eigenvalue weighted by Gasteiger charge is 2.31. The molecule has 0 unspecified atom stereocenters. The summed E-state index contributed by atoms with van der Waals surface area (Å²) in [6, 6.07) is 12.9. The first kappa shape index (κ1) is 20.1. The zero-order chi connectivity index (χ0) is 20.8. The fraction of sp³-hybridized carbons (Fsp3) is 0.238. The molecule has 2 aromatic rings. The number of hydrogen-bond donors (Lipinski definition) is 1. The summed E-state index contributed by atoms with van der Waals surface area (Å²) in [7, 11) is 0. The van der Waals surface area contributed by atoms with Gasteiger partial charge in [-0.1, -0.05) is 0 Å². The minimum Gasteiger partial charge on any atom is -0.494 e. The van der Waals surface area contributed by atoms with Crippen LogP contribution >= 0.6 is 0 Å². The van der Waals surface area contributed by atoms with Gasteiger partial charge in [0.15, 0.2) is 0 Å². The van der Waals surface area contributed by atoms with Crippen LogP contribution in [0.15, 0.2) is 54.6 Å². The smallest absolute Gasteiger partial charge is 0.269 e. The second kappa shape index (κ2) is 9.01. The maximum Gasteiger partial charge on any atom is 0.269 e. The Morgan fingerprint density at radius 2 is 1.93 bits per heavy atom. The first-order valence-corrected chi connectivity index (χ1v) is 9.22. The number of nitro groups is 1. The van der Waals surface area contributed by atoms with Crippen molar-refractivity contribution in [3.8, 4) is 5.75 Å². The van der Waals surface area contributed by atoms with Gasteiger partial charge in [-0.15, -0.1) is 0 Å². The van der Waals surface area contributed by atoms with Gasteiger partial charge in [0.25, 0.3) is 5.69 Å². The number of nitro benzene ring substituents is 1. The van der Waals surface area contributed by atoms with Gasteiger partial charge >= 0.3 is 0 Å². The highest BCUT2D eigenvalue weighted by atomic mass is 16.6. The van der Waals surface area contributed by atoms with Crippen molar-refractivity contribution in [2.24, 2.45) is 0 Å². The van der Waals surface area contributed by atoms with Crippen LogP contribution in [0.4, 0.5) is 11.4 Å². The maximum atomic E-state index is 12.3. The predicted octanol–water partition coefficient (Wildman–Crippen LogP) is 2.93. The van der Waals surface area contributed by atoms with E-state index in [1.807, 2.05) is 31.2 Å². The van der Waals surface area contributed by atoms with Crippen LogP contribution < -0.4 is 15.0 Å². The molecule has 8 nitrogen and oxygen atoms in total. The summed E-state index contributed by atoms with van der Waals surface area (Å²) in [4.78, 5) is 36.3. The van der Waals surface area contributed by atoms with Crippen molar-refractivity contribution in [3.05, 3.63) is 70.3 Å². The van der Waals surface area contributed by atoms with Crippen molar-refractivity contribution in [2.45, 2.75) is 19.4 Å². The molecule has 1 saturated heterocycles. The molecule has 0 aliphatic carbocycles. The van der Waals surface area contributed by atoms with E-state index in [1.165, 1.54) is 18.2 Å². The van der Waals surface area contributed by atoms with Crippen LogP contribution in [0.1, 0.15) is 18.9 Å². The lowest BCUT2D eigenvalue weighted by molar-refractivity contribution is -0.384. The lowest BCUT2D eigenvalue weighted by Gasteiger charge is -2.17. The van der Waals surface area contributed by atoms with Crippen LogP contribution in [0.2, 0.25) is 0 Å². The number of ether oxygens (including phenoxy) is 1. The molecule has 1 aliphatic heterocycles. The Labute approximate surface area is 167 Å². The Morgan fingerprint density at radius 3 is 2.55 bits per heavy atom. The standard InChI is InChI=1S/C21H21N3O5/c1-2-29-19-10-8-17(9-11-19)23-14-16(13-21(23)26)22-20(25)12-5-15-3-6-18(7-4-15)24(27)28/h3-12,16H,2,13-14H2,1H3,(H,22,25)/b12-5-/t16-/m1/s1. The first-order chi connectivity index (χ1) is 14.0. The van der Waals surface area contributed by atoms with Crippen LogP contribution in [0, 0.1) is 10.1 Å². The number of nitrogens with zero attached hydrogens (tertiary/aromatic N) is 2. The number of rotatable bonds is 7. The molecule has 1 fully saturated rings. The number of anilines is 1. The third kappa shape index (κ3) is 5.19. The highest BCUT2D eigenvalue weighted by Crippen LogP contribution is 2.24. The molecule has 1 aliphatic rings. The second-order valence-electron chi connectivity index (χ2n) is 6.52. The van der Waals surface area contributed by atoms with Crippen LogP contribution in [-0.2, 0) is 9.59 Å². The predicted molar refractivity (Wildman–Crippen MR) is 109 cm³/mol. The van der Waals surface area contributed by atoms with E-state index in [0.717, 1.165) is 11.4 Å². The maximum absolute atomic E-state index is 12.3. The molecule has 0 spiro atoms. The minimum atomic E-state index is -0.479. The van der Waals surface area contributed by atoms with Crippen molar-refractivity contribution in [3.63, 3.8) is 0 Å². The fourth-order valence-corrected chi connectivity index (χ4v) is 3.07. The molecule has 2 amide bonds. The minimum absolute atomic E-state index is 0.00884. The van der Waals surface area contributed by atoms with E-state index in [0.29, 0.717) is 18.7 Å². The summed E-state index contributed by atoms with van der Waals surface area (Å²) in [5.74, 6) is 0.359. The molecule has 150 valence electrons. The monoisotopic (exact) mass is 395 g/mol. The number of benzene rings is 2. The van der Waals surface area contributed by atoms with E-state index in [1.54, 1.807) is 23.1 Å². The SMILES string of the molecule is CCOc1ccc(N2C[C@H](NC(=O)/C=C\c3ccc([N+](=O)[O-])cc3)CC2=O)cc1. The lowest BCUT2D eigenvalue weighted by Crippen LogP contribution is -2.36. The fourth-order valence-electron chi connectivity index (χ4n) is 3.07. The molecule has 0 bridgehead atoms. The van der Waals surface area contributed by atoms with Gasteiger partial charge in [-0.25, -0.2) is 0 Å². The molecule has 3 rings (SSSR count). The van der Waals surface area contributed by atoms with Crippen LogP contribution in [0.25, 0.3) is 6.08 Å². The van der Waals surface area contributed by atoms with Gasteiger partial charge in [-0.05, 0) is 55.0 Å². The molecule has 0 aromatic heterocycles. The summed E-state index contributed by atoms with van der Waals surface area (Å²) in [6.07, 6.45) is 3.15. The van der Waals surface area contributed by atoms with Gasteiger partial charge in [0.1, 0.15) is 5.75 Å². The first-order valence-electron chi connectivity index (χ1n) is 9.22. The van der Waals surface area contributed by atoms with E-state index in [-0.39, 0.29) is 30.0 Å². The normalized spacial score (nSPS) is 16.2. The van der Waals surface area contributed by atoms with E-state index in [4.69, 9.17) is 4.74 Å². The van der Waals surface area contributed by atoms with E-state index in [9.17, 15) is 19.7 Å². The number of carbonyl (C=O) groups excluding carboxylic acids is 2. The molecule has 29 heavy (non-hydrogen) atoms. The van der Waals surface area contributed by atoms with E-state index in [2.05, 4.69) is 5.32 Å². The summed E-state index contributed by atoms with van der Waals surface area (Å²) in [5, 5.41) is 13.5. The zero-order valence-corrected chi connectivity index (χ0v) is 15.9. The van der Waals surface area contributed by atoms with E-state index >= 15 is 0 Å². The number of carbonyl (C=O) groups is 2. The van der Waals surface area contributed by atoms with Gasteiger partial charge in [0, 0.05) is 36.9 Å². The second-order valence-corrected chi connectivity index (χ2v) is 6.52.